The van der Waals surface area contributed by atoms with Crippen LogP contribution in [0, 0.1) is 0 Å². The second-order valence-corrected chi connectivity index (χ2v) is 3.33. The Hall–Kier alpha value is -0.740. The predicted octanol–water partition coefficient (Wildman–Crippen LogP) is 0.577. The minimum absolute atomic E-state index is 0.106. The predicted molar refractivity (Wildman–Crippen MR) is 45.0 cm³/mol. The third-order valence-corrected chi connectivity index (χ3v) is 2.50. The topological polar surface area (TPSA) is 53.0 Å². The molecule has 1 heterocycles. The summed E-state index contributed by atoms with van der Waals surface area (Å²) >= 11 is 6.76. The van der Waals surface area contributed by atoms with Crippen molar-refractivity contribution in [2.24, 2.45) is 0 Å². The van der Waals surface area contributed by atoms with Crippen molar-refractivity contribution in [1.29, 1.82) is 0 Å². The summed E-state index contributed by atoms with van der Waals surface area (Å²) in [7, 11) is 0. The highest BCUT2D eigenvalue weighted by molar-refractivity contribution is 8.00. The molecule has 0 N–H and O–H groups in total. The van der Waals surface area contributed by atoms with Crippen molar-refractivity contribution < 1.29 is 9.90 Å². The van der Waals surface area contributed by atoms with Gasteiger partial charge in [-0.2, -0.15) is 0 Å². The number of carbonyl (C=O) groups excluding carboxylic acids is 1. The Balaban J connectivity index is 2.63. The number of hydrogen-bond donors (Lipinski definition) is 0. The lowest BCUT2D eigenvalue weighted by atomic mass is 10.5. The molecule has 5 heteroatoms. The molecule has 0 spiro atoms. The number of hydrogen-bond acceptors (Lipinski definition) is 4. The normalized spacial score (nSPS) is 9.75. The Morgan fingerprint density at radius 1 is 1.75 bits per heavy atom. The lowest BCUT2D eigenvalue weighted by Gasteiger charge is -2.02. The monoisotopic (exact) mass is 202 g/mol. The maximum absolute atomic E-state index is 10.1. The highest BCUT2D eigenvalue weighted by atomic mass is 35.5. The molecular weight excluding hydrogens is 198 g/mol. The number of carboxylic acid groups (broad SMARTS) is 1. The molecule has 0 aliphatic heterocycles. The minimum atomic E-state index is -1.11. The van der Waals surface area contributed by atoms with E-state index >= 15 is 0 Å². The molecular formula is C7H5ClNO2S-. The molecule has 1 aromatic heterocycles. The number of thioether (sulfide) groups is 1. The average molecular weight is 203 g/mol. The number of rotatable bonds is 3. The highest BCUT2D eigenvalue weighted by Gasteiger charge is 1.99. The van der Waals surface area contributed by atoms with Crippen LogP contribution < -0.4 is 5.11 Å². The fraction of sp³-hybridized carbons (Fsp3) is 0.143. The first kappa shape index (κ1) is 9.35. The van der Waals surface area contributed by atoms with E-state index in [1.807, 2.05) is 0 Å². The van der Waals surface area contributed by atoms with Crippen LogP contribution in [0.3, 0.4) is 0 Å². The molecule has 0 aliphatic carbocycles. The summed E-state index contributed by atoms with van der Waals surface area (Å²) in [6.07, 6.45) is 1.55. The number of halogens is 1. The van der Waals surface area contributed by atoms with Gasteiger partial charge in [0.25, 0.3) is 0 Å². The number of carbonyl (C=O) groups is 1. The fourth-order valence-corrected chi connectivity index (χ4v) is 1.52. The van der Waals surface area contributed by atoms with Gasteiger partial charge in [-0.3, -0.25) is 0 Å². The lowest BCUT2D eigenvalue weighted by molar-refractivity contribution is -0.301. The minimum Gasteiger partial charge on any atom is -0.549 e. The largest absolute Gasteiger partial charge is 0.549 e. The van der Waals surface area contributed by atoms with Crippen LogP contribution in [0.4, 0.5) is 0 Å². The Morgan fingerprint density at radius 3 is 3.08 bits per heavy atom. The van der Waals surface area contributed by atoms with E-state index in [4.69, 9.17) is 11.6 Å². The smallest absolute Gasteiger partial charge is 0.142 e. The van der Waals surface area contributed by atoms with Crippen molar-refractivity contribution in [3.8, 4) is 0 Å². The zero-order valence-corrected chi connectivity index (χ0v) is 7.56. The van der Waals surface area contributed by atoms with Gasteiger partial charge in [-0.1, -0.05) is 11.6 Å². The lowest BCUT2D eigenvalue weighted by Crippen LogP contribution is -2.24. The average Bonchev–Trinajstić information content (AvgIpc) is 2.03. The molecule has 3 nitrogen and oxygen atoms in total. The van der Waals surface area contributed by atoms with Crippen LogP contribution in [0.1, 0.15) is 0 Å². The van der Waals surface area contributed by atoms with Crippen molar-refractivity contribution >= 4 is 29.3 Å². The van der Waals surface area contributed by atoms with Crippen molar-refractivity contribution in [1.82, 2.24) is 4.98 Å². The summed E-state index contributed by atoms with van der Waals surface area (Å²) < 4.78 is 0. The molecule has 0 fully saturated rings. The second kappa shape index (κ2) is 4.33. The first-order valence-corrected chi connectivity index (χ1v) is 4.49. The molecule has 0 radical (unpaired) electrons. The van der Waals surface area contributed by atoms with E-state index in [1.165, 1.54) is 0 Å². The van der Waals surface area contributed by atoms with Gasteiger partial charge >= 0.3 is 0 Å². The number of pyridine rings is 1. The molecule has 1 aromatic rings. The van der Waals surface area contributed by atoms with E-state index in [9.17, 15) is 9.90 Å². The first-order chi connectivity index (χ1) is 5.70. The highest BCUT2D eigenvalue weighted by Crippen LogP contribution is 2.23. The van der Waals surface area contributed by atoms with E-state index in [0.29, 0.717) is 10.0 Å². The Morgan fingerprint density at radius 2 is 2.50 bits per heavy atom. The van der Waals surface area contributed by atoms with Gasteiger partial charge in [-0.15, -0.1) is 11.8 Å². The van der Waals surface area contributed by atoms with Gasteiger partial charge < -0.3 is 9.90 Å². The second-order valence-electron chi connectivity index (χ2n) is 1.95. The maximum atomic E-state index is 10.1. The molecule has 1 rings (SSSR count). The van der Waals surface area contributed by atoms with Gasteiger partial charge in [0.15, 0.2) is 0 Å². The van der Waals surface area contributed by atoms with E-state index in [1.54, 1.807) is 18.3 Å². The molecule has 0 unspecified atom stereocenters. The van der Waals surface area contributed by atoms with E-state index in [0.717, 1.165) is 11.8 Å². The Kier molecular flexibility index (Phi) is 3.37. The molecule has 0 bridgehead atoms. The third-order valence-electron chi connectivity index (χ3n) is 1.07. The van der Waals surface area contributed by atoms with Gasteiger partial charge in [0.1, 0.15) is 5.15 Å². The van der Waals surface area contributed by atoms with Crippen LogP contribution in [0.2, 0.25) is 5.15 Å². The molecule has 0 aromatic carbocycles. The first-order valence-electron chi connectivity index (χ1n) is 3.13. The zero-order valence-electron chi connectivity index (χ0n) is 5.99. The molecule has 0 saturated heterocycles. The Labute approximate surface area is 78.8 Å². The molecule has 0 amide bonds. The van der Waals surface area contributed by atoms with Crippen molar-refractivity contribution in [3.63, 3.8) is 0 Å². The summed E-state index contributed by atoms with van der Waals surface area (Å²) in [5.41, 5.74) is 0. The third kappa shape index (κ3) is 2.71. The van der Waals surface area contributed by atoms with E-state index in [-0.39, 0.29) is 5.75 Å². The van der Waals surface area contributed by atoms with Crippen LogP contribution in [0.5, 0.6) is 0 Å². The number of aliphatic carboxylic acids is 1. The molecule has 12 heavy (non-hydrogen) atoms. The standard InChI is InChI=1S/C7H6ClNO2S/c8-7-5(2-1-3-9-7)12-4-6(10)11/h1-3H,4H2,(H,10,11)/p-1. The summed E-state index contributed by atoms with van der Waals surface area (Å²) in [4.78, 5) is 14.5. The van der Waals surface area contributed by atoms with Crippen molar-refractivity contribution in [2.75, 3.05) is 5.75 Å². The van der Waals surface area contributed by atoms with Gasteiger partial charge in [0.2, 0.25) is 0 Å². The molecule has 0 atom stereocenters. The number of carboxylic acids is 1. The number of aromatic nitrogens is 1. The van der Waals surface area contributed by atoms with Crippen LogP contribution in [-0.2, 0) is 4.79 Å². The molecule has 0 aliphatic rings. The quantitative estimate of drug-likeness (QED) is 0.532. The van der Waals surface area contributed by atoms with Gasteiger partial charge in [0, 0.05) is 16.8 Å². The fourth-order valence-electron chi connectivity index (χ4n) is 0.616. The van der Waals surface area contributed by atoms with Gasteiger partial charge in [-0.05, 0) is 12.1 Å². The summed E-state index contributed by atoms with van der Waals surface area (Å²) in [5, 5.41) is 10.4. The van der Waals surface area contributed by atoms with E-state index < -0.39 is 5.97 Å². The van der Waals surface area contributed by atoms with E-state index in [2.05, 4.69) is 4.98 Å². The summed E-state index contributed by atoms with van der Waals surface area (Å²) in [6.45, 7) is 0. The summed E-state index contributed by atoms with van der Waals surface area (Å²) in [5.74, 6) is -1.22. The van der Waals surface area contributed by atoms with Crippen LogP contribution in [0.15, 0.2) is 23.2 Å². The van der Waals surface area contributed by atoms with Gasteiger partial charge in [-0.25, -0.2) is 4.98 Å². The number of nitrogens with zero attached hydrogens (tertiary/aromatic N) is 1. The maximum Gasteiger partial charge on any atom is 0.142 e. The zero-order chi connectivity index (χ0) is 8.97. The van der Waals surface area contributed by atoms with Crippen LogP contribution >= 0.6 is 23.4 Å². The van der Waals surface area contributed by atoms with Crippen LogP contribution in [-0.4, -0.2) is 16.7 Å². The van der Waals surface area contributed by atoms with Crippen molar-refractivity contribution in [2.45, 2.75) is 4.90 Å². The van der Waals surface area contributed by atoms with Gasteiger partial charge in [0.05, 0.1) is 5.97 Å². The molecule has 64 valence electrons. The summed E-state index contributed by atoms with van der Waals surface area (Å²) in [6, 6.07) is 3.41. The van der Waals surface area contributed by atoms with Crippen molar-refractivity contribution in [3.05, 3.63) is 23.5 Å². The Bertz CT molecular complexity index is 292. The SMILES string of the molecule is O=C([O-])CSc1cccnc1Cl. The molecule has 0 saturated carbocycles. The van der Waals surface area contributed by atoms with Crippen LogP contribution in [0.25, 0.3) is 0 Å².